The number of phosphoric ester groups is 1. The molecule has 0 amide bonds. The second-order valence-corrected chi connectivity index (χ2v) is 16.0. The molecule has 2 saturated heterocycles. The predicted octanol–water partition coefficient (Wildman–Crippen LogP) is 8.60. The Kier molecular flexibility index (Phi) is 16.9. The van der Waals surface area contributed by atoms with Gasteiger partial charge in [-0.05, 0) is 37.1 Å². The molecule has 0 spiro atoms. The summed E-state index contributed by atoms with van der Waals surface area (Å²) in [6.07, 6.45) is 15.8. The molecule has 0 radical (unpaired) electrons. The highest BCUT2D eigenvalue weighted by molar-refractivity contribution is 7.48. The van der Waals surface area contributed by atoms with Gasteiger partial charge < -0.3 is 20.3 Å². The summed E-state index contributed by atoms with van der Waals surface area (Å²) >= 11 is 6.14. The number of benzene rings is 1. The van der Waals surface area contributed by atoms with Crippen molar-refractivity contribution >= 4 is 31.2 Å². The minimum atomic E-state index is -4.10. The van der Waals surface area contributed by atoms with Crippen LogP contribution in [0, 0.1) is 0 Å². The van der Waals surface area contributed by atoms with E-state index < -0.39 is 56.2 Å². The van der Waals surface area contributed by atoms with E-state index in [9.17, 15) is 19.3 Å². The first-order valence-corrected chi connectivity index (χ1v) is 20.6. The second-order valence-electron chi connectivity index (χ2n) is 13.9. The number of nitrogens with two attached hydrogens (primary N) is 1. The minimum Gasteiger partial charge on any atom is -0.456 e. The maximum Gasteiger partial charge on any atom is 0.475 e. The third-order valence-corrected chi connectivity index (χ3v) is 11.3. The van der Waals surface area contributed by atoms with Gasteiger partial charge in [0.25, 0.3) is 0 Å². The molecular weight excluding hydrogens is 697 g/mol. The Morgan fingerprint density at radius 2 is 1.67 bits per heavy atom. The van der Waals surface area contributed by atoms with Gasteiger partial charge in [-0.1, -0.05) is 121 Å². The number of carbonyl (C=O) groups is 1. The smallest absolute Gasteiger partial charge is 0.456 e. The van der Waals surface area contributed by atoms with Gasteiger partial charge >= 0.3 is 19.5 Å². The van der Waals surface area contributed by atoms with Gasteiger partial charge in [-0.15, -0.1) is 0 Å². The van der Waals surface area contributed by atoms with Crippen molar-refractivity contribution in [2.24, 2.45) is 0 Å². The van der Waals surface area contributed by atoms with Crippen LogP contribution in [0.25, 0.3) is 0 Å². The van der Waals surface area contributed by atoms with Crippen molar-refractivity contribution in [1.82, 2.24) is 9.55 Å². The van der Waals surface area contributed by atoms with Crippen LogP contribution in [-0.2, 0) is 32.4 Å². The summed E-state index contributed by atoms with van der Waals surface area (Å²) in [4.78, 5) is 29.5. The van der Waals surface area contributed by atoms with Gasteiger partial charge in [0, 0.05) is 24.1 Å². The summed E-state index contributed by atoms with van der Waals surface area (Å²) < 4.78 is 43.4. The predicted molar refractivity (Wildman–Crippen MR) is 196 cm³/mol. The summed E-state index contributed by atoms with van der Waals surface area (Å²) in [5, 5.41) is 12.2. The molecule has 3 N–H and O–H groups in total. The molecule has 1 unspecified atom stereocenters. The van der Waals surface area contributed by atoms with E-state index in [2.05, 4.69) is 11.9 Å². The largest absolute Gasteiger partial charge is 0.475 e. The highest BCUT2D eigenvalue weighted by Crippen LogP contribution is 2.57. The van der Waals surface area contributed by atoms with Crippen LogP contribution < -0.4 is 11.4 Å². The number of nitrogen functional groups attached to an aromatic ring is 1. The number of hydrogen-bond acceptors (Lipinski definition) is 11. The quantitative estimate of drug-likeness (QED) is 0.0673. The number of aliphatic hydroxyl groups is 1. The van der Waals surface area contributed by atoms with E-state index in [1.54, 1.807) is 24.3 Å². The van der Waals surface area contributed by atoms with Gasteiger partial charge in [0.05, 0.1) is 19.3 Å². The molecule has 1 aromatic carbocycles. The second kappa shape index (κ2) is 20.8. The highest BCUT2D eigenvalue weighted by atomic mass is 35.5. The third kappa shape index (κ3) is 12.9. The summed E-state index contributed by atoms with van der Waals surface area (Å²) in [6.45, 7) is 3.32. The lowest BCUT2D eigenvalue weighted by atomic mass is 9.96. The van der Waals surface area contributed by atoms with E-state index in [-0.39, 0.29) is 18.8 Å². The van der Waals surface area contributed by atoms with E-state index in [1.165, 1.54) is 89.8 Å². The van der Waals surface area contributed by atoms with Crippen LogP contribution in [0.5, 0.6) is 0 Å². The molecule has 2 aliphatic rings. The molecule has 1 aromatic heterocycles. The molecule has 4 rings (SSSR count). The first-order chi connectivity index (χ1) is 24.5. The Balaban J connectivity index is 1.26. The molecule has 2 aromatic rings. The Morgan fingerprint density at radius 1 is 1.04 bits per heavy atom. The van der Waals surface area contributed by atoms with Crippen LogP contribution in [0.15, 0.2) is 41.3 Å². The molecule has 12 nitrogen and oxygen atoms in total. The van der Waals surface area contributed by atoms with E-state index in [1.807, 2.05) is 0 Å². The van der Waals surface area contributed by atoms with Gasteiger partial charge in [-0.3, -0.25) is 22.9 Å². The topological polar surface area (TPSA) is 161 Å². The third-order valence-electron chi connectivity index (χ3n) is 9.57. The number of phosphoric acid groups is 1. The number of rotatable bonds is 22. The van der Waals surface area contributed by atoms with Crippen molar-refractivity contribution in [3.05, 3.63) is 57.6 Å². The lowest BCUT2D eigenvalue weighted by molar-refractivity contribution is -0.164. The molecular formula is C37H57ClN3O9P. The fourth-order valence-corrected chi connectivity index (χ4v) is 8.28. The van der Waals surface area contributed by atoms with Crippen molar-refractivity contribution in [1.29, 1.82) is 0 Å². The van der Waals surface area contributed by atoms with Crippen LogP contribution in [-0.4, -0.2) is 51.6 Å². The molecule has 0 aliphatic carbocycles. The number of esters is 1. The van der Waals surface area contributed by atoms with Gasteiger partial charge in [0.1, 0.15) is 17.5 Å². The minimum absolute atomic E-state index is 0.000742. The number of anilines is 1. The number of nitrogens with zero attached hydrogens (tertiary/aromatic N) is 2. The summed E-state index contributed by atoms with van der Waals surface area (Å²) in [5.41, 5.74) is 3.73. The SMILES string of the molecule is CCCCCCCCCCCCCCCCCC(=O)O[C@@H]1[C@@H](COP2(=O)OCC[C@@H](c3cccc(Cl)c3)O2)O[C@@H](n2ccc(N)nc2=O)[C@]1(C)O. The average Bonchev–Trinajstić information content (AvgIpc) is 3.34. The van der Waals surface area contributed by atoms with E-state index in [0.29, 0.717) is 17.9 Å². The van der Waals surface area contributed by atoms with E-state index >= 15 is 0 Å². The van der Waals surface area contributed by atoms with Crippen LogP contribution >= 0.6 is 19.4 Å². The lowest BCUT2D eigenvalue weighted by Crippen LogP contribution is -2.48. The molecule has 14 heteroatoms. The monoisotopic (exact) mass is 753 g/mol. The number of carbonyl (C=O) groups excluding carboxylic acids is 1. The summed E-state index contributed by atoms with van der Waals surface area (Å²) in [5.74, 6) is -0.524. The molecule has 0 saturated carbocycles. The normalized spacial score (nSPS) is 26.4. The Bertz CT molecular complexity index is 1470. The molecule has 3 heterocycles. The number of hydrogen-bond donors (Lipinski definition) is 2. The molecule has 2 aliphatic heterocycles. The first kappa shape index (κ1) is 41.4. The number of aromatic nitrogens is 2. The van der Waals surface area contributed by atoms with Crippen molar-refractivity contribution in [3.8, 4) is 0 Å². The fourth-order valence-electron chi connectivity index (χ4n) is 6.68. The zero-order valence-electron chi connectivity index (χ0n) is 30.2. The maximum atomic E-state index is 13.6. The van der Waals surface area contributed by atoms with Crippen LogP contribution in [0.4, 0.5) is 5.82 Å². The summed E-state index contributed by atoms with van der Waals surface area (Å²) in [6, 6.07) is 8.41. The van der Waals surface area contributed by atoms with Crippen molar-refractivity contribution < 1.29 is 37.5 Å². The molecule has 6 atom stereocenters. The molecule has 286 valence electrons. The number of unbranched alkanes of at least 4 members (excludes halogenated alkanes) is 14. The average molecular weight is 754 g/mol. The molecule has 51 heavy (non-hydrogen) atoms. The van der Waals surface area contributed by atoms with Crippen LogP contribution in [0.1, 0.15) is 141 Å². The number of ether oxygens (including phenoxy) is 2. The van der Waals surface area contributed by atoms with Crippen LogP contribution in [0.2, 0.25) is 5.02 Å². The van der Waals surface area contributed by atoms with Crippen molar-refractivity contribution in [2.75, 3.05) is 18.9 Å². The fraction of sp³-hybridized carbons (Fsp3) is 0.703. The zero-order chi connectivity index (χ0) is 36.7. The van der Waals surface area contributed by atoms with Crippen molar-refractivity contribution in [3.63, 3.8) is 0 Å². The zero-order valence-corrected chi connectivity index (χ0v) is 31.9. The Hall–Kier alpha value is -2.31. The Labute approximate surface area is 307 Å². The number of halogens is 1. The molecule has 2 fully saturated rings. The highest BCUT2D eigenvalue weighted by Gasteiger charge is 2.57. The van der Waals surface area contributed by atoms with Gasteiger partial charge in [0.2, 0.25) is 0 Å². The Morgan fingerprint density at radius 3 is 2.27 bits per heavy atom. The van der Waals surface area contributed by atoms with E-state index in [4.69, 9.17) is 40.4 Å². The summed E-state index contributed by atoms with van der Waals surface area (Å²) in [7, 11) is -4.10. The molecule has 0 bridgehead atoms. The first-order valence-electron chi connectivity index (χ1n) is 18.8. The maximum absolute atomic E-state index is 13.6. The standard InChI is InChI=1S/C37H57ClN3O9P/c1-3-4-5-6-7-8-9-10-11-12-13-14-15-16-17-21-33(42)49-34-31(48-35(37(34,2)44)41-24-22-32(39)40-36(41)43)27-47-51(45)46-25-23-30(50-51)28-19-18-20-29(38)26-28/h18-20,22,24,26,30-31,34-35,44H,3-17,21,23,25,27H2,1-2H3,(H2,39,40,43)/t30-,31+,34+,35+,37+,51?/m0/s1. The van der Waals surface area contributed by atoms with Gasteiger partial charge in [0.15, 0.2) is 12.3 Å². The van der Waals surface area contributed by atoms with Gasteiger partial charge in [-0.2, -0.15) is 4.98 Å². The lowest BCUT2D eigenvalue weighted by Gasteiger charge is -2.31. The van der Waals surface area contributed by atoms with Crippen LogP contribution in [0.3, 0.4) is 0 Å². The van der Waals surface area contributed by atoms with Crippen molar-refractivity contribution in [2.45, 2.75) is 153 Å². The van der Waals surface area contributed by atoms with Gasteiger partial charge in [-0.25, -0.2) is 9.36 Å². The van der Waals surface area contributed by atoms with E-state index in [0.717, 1.165) is 29.4 Å².